The highest BCUT2D eigenvalue weighted by Crippen LogP contribution is 2.41. The second-order valence-electron chi connectivity index (χ2n) is 14.2. The largest absolute Gasteiger partial charge is 0.385 e. The van der Waals surface area contributed by atoms with Crippen LogP contribution >= 0.6 is 0 Å². The first-order valence-electron chi connectivity index (χ1n) is 17.1. The molecule has 13 heteroatoms. The molecular weight excluding hydrogens is 604 g/mol. The molecule has 1 aliphatic carbocycles. The molecule has 0 radical (unpaired) electrons. The molecule has 8 rings (SSSR count). The van der Waals surface area contributed by atoms with Crippen LogP contribution < -0.4 is 20.9 Å². The number of carbonyl (C=O) groups excluding carboxylic acids is 1. The third-order valence-electron chi connectivity index (χ3n) is 11.5. The SMILES string of the molecule is CNc1cc(N2CCc3c(CN4CCC(N5CCC6(CC5)CNC6)C(F)(F)C4)cccc32)nn2c(C(=O)N[C@@H]3CC[C@H]3OC)cnc12. The number of methoxy groups -OCH3 is 1. The van der Waals surface area contributed by atoms with Gasteiger partial charge in [0.05, 0.1) is 36.6 Å². The van der Waals surface area contributed by atoms with Crippen LogP contribution in [0.2, 0.25) is 0 Å². The number of aromatic nitrogens is 3. The number of nitrogens with zero attached hydrogens (tertiary/aromatic N) is 6. The van der Waals surface area contributed by atoms with Crippen LogP contribution in [0.5, 0.6) is 0 Å². The van der Waals surface area contributed by atoms with Gasteiger partial charge in [0.2, 0.25) is 0 Å². The molecule has 3 aromatic rings. The molecule has 1 aromatic carbocycles. The van der Waals surface area contributed by atoms with E-state index in [-0.39, 0.29) is 24.6 Å². The van der Waals surface area contributed by atoms with Gasteiger partial charge in [-0.1, -0.05) is 12.1 Å². The Balaban J connectivity index is 0.987. The van der Waals surface area contributed by atoms with E-state index in [0.717, 1.165) is 75.2 Å². The smallest absolute Gasteiger partial charge is 0.275 e. The Labute approximate surface area is 274 Å². The molecule has 4 fully saturated rings. The highest BCUT2D eigenvalue weighted by atomic mass is 19.3. The molecule has 1 spiro atoms. The second-order valence-corrected chi connectivity index (χ2v) is 14.2. The normalized spacial score (nSPS) is 27.0. The van der Waals surface area contributed by atoms with E-state index in [4.69, 9.17) is 9.84 Å². The first kappa shape index (κ1) is 30.9. The maximum atomic E-state index is 15.7. The summed E-state index contributed by atoms with van der Waals surface area (Å²) in [4.78, 5) is 23.9. The fraction of sp³-hybridized carbons (Fsp3) is 0.618. The van der Waals surface area contributed by atoms with E-state index < -0.39 is 12.0 Å². The standard InChI is InChI=1S/C34H45F2N9O2/c1-37-25-16-30(41-45-27(17-39-31(25)45)32(46)40-24-6-7-28(24)47-2)44-13-8-23-22(4-3-5-26(23)44)18-42-12-9-29(34(35,36)21-42)43-14-10-33(11-15-43)19-38-20-33/h3-5,16-17,24,28-29,37-38H,6-15,18-21H2,1-2H3,(H,40,46)/t24-,28-,29?/m1/s1. The fourth-order valence-electron chi connectivity index (χ4n) is 8.44. The number of alkyl halides is 2. The van der Waals surface area contributed by atoms with Crippen molar-refractivity contribution >= 4 is 28.7 Å². The lowest BCUT2D eigenvalue weighted by atomic mass is 9.73. The van der Waals surface area contributed by atoms with Crippen LogP contribution in [0.3, 0.4) is 0 Å². The highest BCUT2D eigenvalue weighted by molar-refractivity contribution is 5.94. The van der Waals surface area contributed by atoms with E-state index in [1.807, 2.05) is 24.1 Å². The van der Waals surface area contributed by atoms with Gasteiger partial charge in [0, 0.05) is 58.6 Å². The van der Waals surface area contributed by atoms with Crippen molar-refractivity contribution in [2.24, 2.45) is 5.41 Å². The zero-order chi connectivity index (χ0) is 32.3. The molecule has 47 heavy (non-hydrogen) atoms. The highest BCUT2D eigenvalue weighted by Gasteiger charge is 2.50. The van der Waals surface area contributed by atoms with Crippen LogP contribution in [-0.2, 0) is 17.7 Å². The summed E-state index contributed by atoms with van der Waals surface area (Å²) in [6, 6.07) is 7.41. The number of hydrogen-bond donors (Lipinski definition) is 3. The zero-order valence-corrected chi connectivity index (χ0v) is 27.3. The summed E-state index contributed by atoms with van der Waals surface area (Å²) in [7, 11) is 3.49. The summed E-state index contributed by atoms with van der Waals surface area (Å²) in [5, 5.41) is 14.6. The van der Waals surface area contributed by atoms with Gasteiger partial charge in [-0.25, -0.2) is 18.3 Å². The van der Waals surface area contributed by atoms with Gasteiger partial charge >= 0.3 is 0 Å². The van der Waals surface area contributed by atoms with E-state index in [1.54, 1.807) is 17.8 Å². The summed E-state index contributed by atoms with van der Waals surface area (Å²) in [6.45, 7) is 5.27. The van der Waals surface area contributed by atoms with Crippen molar-refractivity contribution in [3.8, 4) is 0 Å². The average molecular weight is 650 g/mol. The maximum Gasteiger partial charge on any atom is 0.275 e. The molecular formula is C34H45F2N9O2. The summed E-state index contributed by atoms with van der Waals surface area (Å²) >= 11 is 0. The van der Waals surface area contributed by atoms with Gasteiger partial charge in [-0.15, -0.1) is 5.10 Å². The molecule has 1 unspecified atom stereocenters. The van der Waals surface area contributed by atoms with Crippen LogP contribution in [0, 0.1) is 5.41 Å². The quantitative estimate of drug-likeness (QED) is 0.340. The number of nitrogens with one attached hydrogen (secondary N) is 3. The molecule has 2 aromatic heterocycles. The number of hydrogen-bond acceptors (Lipinski definition) is 9. The number of anilines is 3. The Hall–Kier alpha value is -3.39. The molecule has 1 amide bonds. The van der Waals surface area contributed by atoms with Gasteiger partial charge < -0.3 is 25.6 Å². The lowest BCUT2D eigenvalue weighted by molar-refractivity contribution is -0.139. The first-order valence-corrected chi connectivity index (χ1v) is 17.1. The number of likely N-dealkylation sites (tertiary alicyclic amines) is 2. The molecule has 5 aliphatic rings. The minimum Gasteiger partial charge on any atom is -0.385 e. The van der Waals surface area contributed by atoms with Crippen LogP contribution in [0.15, 0.2) is 30.5 Å². The number of halogens is 2. The van der Waals surface area contributed by atoms with Crippen LogP contribution in [-0.4, -0.2) is 114 Å². The van der Waals surface area contributed by atoms with E-state index in [9.17, 15) is 4.79 Å². The van der Waals surface area contributed by atoms with Gasteiger partial charge in [-0.2, -0.15) is 0 Å². The minimum absolute atomic E-state index is 0.0227. The van der Waals surface area contributed by atoms with E-state index in [1.165, 1.54) is 5.56 Å². The van der Waals surface area contributed by atoms with Gasteiger partial charge in [0.1, 0.15) is 0 Å². The van der Waals surface area contributed by atoms with Gasteiger partial charge in [0.25, 0.3) is 11.8 Å². The number of fused-ring (bicyclic) bond motifs is 2. The first-order chi connectivity index (χ1) is 22.8. The van der Waals surface area contributed by atoms with Crippen molar-refractivity contribution in [1.29, 1.82) is 0 Å². The third-order valence-corrected chi connectivity index (χ3v) is 11.5. The van der Waals surface area contributed by atoms with Gasteiger partial charge in [0.15, 0.2) is 17.2 Å². The number of rotatable bonds is 8. The van der Waals surface area contributed by atoms with Crippen molar-refractivity contribution in [2.75, 3.05) is 70.2 Å². The van der Waals surface area contributed by atoms with E-state index in [0.29, 0.717) is 48.6 Å². The van der Waals surface area contributed by atoms with Crippen molar-refractivity contribution in [2.45, 2.75) is 69.2 Å². The Morgan fingerprint density at radius 3 is 2.64 bits per heavy atom. The van der Waals surface area contributed by atoms with Crippen molar-refractivity contribution in [1.82, 2.24) is 35.0 Å². The molecule has 11 nitrogen and oxygen atoms in total. The lowest BCUT2D eigenvalue weighted by Crippen LogP contribution is -2.63. The summed E-state index contributed by atoms with van der Waals surface area (Å²) in [5.74, 6) is -2.29. The van der Waals surface area contributed by atoms with Crippen molar-refractivity contribution in [3.05, 3.63) is 47.3 Å². The number of carbonyl (C=O) groups is 1. The number of piperidine rings is 2. The van der Waals surface area contributed by atoms with Gasteiger partial charge in [-0.3, -0.25) is 14.6 Å². The Kier molecular flexibility index (Phi) is 7.85. The monoisotopic (exact) mass is 649 g/mol. The molecule has 3 atom stereocenters. The topological polar surface area (TPSA) is 102 Å². The predicted molar refractivity (Wildman–Crippen MR) is 176 cm³/mol. The number of amides is 1. The maximum absolute atomic E-state index is 15.7. The summed E-state index contributed by atoms with van der Waals surface area (Å²) in [5.41, 5.74) is 5.32. The molecule has 1 saturated carbocycles. The number of benzene rings is 1. The number of imidazole rings is 1. The number of ether oxygens (including phenoxy) is 1. The molecule has 0 bridgehead atoms. The zero-order valence-electron chi connectivity index (χ0n) is 27.3. The summed E-state index contributed by atoms with van der Waals surface area (Å²) < 4.78 is 38.4. The fourth-order valence-corrected chi connectivity index (χ4v) is 8.44. The van der Waals surface area contributed by atoms with Crippen molar-refractivity contribution < 1.29 is 18.3 Å². The van der Waals surface area contributed by atoms with Crippen LogP contribution in [0.4, 0.5) is 26.0 Å². The molecule has 252 valence electrons. The van der Waals surface area contributed by atoms with Crippen LogP contribution in [0.25, 0.3) is 5.65 Å². The molecule has 6 heterocycles. The van der Waals surface area contributed by atoms with E-state index >= 15 is 8.78 Å². The Morgan fingerprint density at radius 1 is 1.13 bits per heavy atom. The van der Waals surface area contributed by atoms with E-state index in [2.05, 4.69) is 42.9 Å². The molecule has 3 saturated heterocycles. The van der Waals surface area contributed by atoms with Gasteiger partial charge in [-0.05, 0) is 74.2 Å². The minimum atomic E-state index is -2.74. The second kappa shape index (κ2) is 11.9. The Bertz CT molecular complexity index is 1650. The predicted octanol–water partition coefficient (Wildman–Crippen LogP) is 3.27. The Morgan fingerprint density at radius 2 is 1.96 bits per heavy atom. The lowest BCUT2D eigenvalue weighted by Gasteiger charge is -2.52. The molecule has 3 N–H and O–H groups in total. The van der Waals surface area contributed by atoms with Crippen molar-refractivity contribution in [3.63, 3.8) is 0 Å². The molecule has 4 aliphatic heterocycles. The third kappa shape index (κ3) is 5.44. The van der Waals surface area contributed by atoms with Crippen LogP contribution in [0.1, 0.15) is 53.7 Å². The summed E-state index contributed by atoms with van der Waals surface area (Å²) in [6.07, 6.45) is 6.70. The average Bonchev–Trinajstić information content (AvgIpc) is 3.67.